The number of benzene rings is 1. The Hall–Kier alpha value is -3.18. The zero-order valence-electron chi connectivity index (χ0n) is 21.7. The maximum atomic E-state index is 12.5. The average molecular weight is 558 g/mol. The van der Waals surface area contributed by atoms with E-state index in [1.165, 1.54) is 0 Å². The van der Waals surface area contributed by atoms with Crippen molar-refractivity contribution in [1.82, 2.24) is 10.0 Å². The van der Waals surface area contributed by atoms with Gasteiger partial charge in [0.2, 0.25) is 0 Å². The number of Topliss-reactive ketones (excluding diaryl/α,β-unsaturated/α-hetero) is 1. The zero-order valence-corrected chi connectivity index (χ0v) is 23.3. The fourth-order valence-electron chi connectivity index (χ4n) is 3.41. The molecular weight excluding hydrogens is 526 g/mol. The van der Waals surface area contributed by atoms with Crippen LogP contribution in [0.4, 0.5) is 0 Å². The van der Waals surface area contributed by atoms with Gasteiger partial charge in [-0.15, -0.1) is 5.06 Å². The van der Waals surface area contributed by atoms with Crippen molar-refractivity contribution in [3.8, 4) is 5.75 Å². The Morgan fingerprint density at radius 3 is 2.45 bits per heavy atom. The van der Waals surface area contributed by atoms with E-state index in [2.05, 4.69) is 9.98 Å². The molecule has 38 heavy (non-hydrogen) atoms. The Labute approximate surface area is 230 Å². The Kier molecular flexibility index (Phi) is 10.9. The number of carbonyl (C=O) groups excluding carboxylic acids is 4. The maximum Gasteiger partial charge on any atom is 0.333 e. The third kappa shape index (κ3) is 9.60. The van der Waals surface area contributed by atoms with Gasteiger partial charge in [0.25, 0.3) is 11.8 Å². The quantitative estimate of drug-likeness (QED) is 0.139. The smallest absolute Gasteiger partial charge is 0.333 e. The number of hydrogen-bond acceptors (Lipinski definition) is 10. The van der Waals surface area contributed by atoms with E-state index in [0.717, 1.165) is 16.3 Å². The van der Waals surface area contributed by atoms with Crippen LogP contribution < -0.4 is 4.74 Å². The van der Waals surface area contributed by atoms with Gasteiger partial charge in [0.15, 0.2) is 5.78 Å². The van der Waals surface area contributed by atoms with Crippen molar-refractivity contribution in [3.63, 3.8) is 0 Å². The molecule has 1 aromatic carbocycles. The van der Waals surface area contributed by atoms with E-state index in [4.69, 9.17) is 9.57 Å². The Morgan fingerprint density at radius 1 is 1.08 bits per heavy atom. The van der Waals surface area contributed by atoms with Crippen molar-refractivity contribution in [2.45, 2.75) is 62.6 Å². The molecule has 1 aliphatic rings. The largest absolute Gasteiger partial charge is 0.494 e. The summed E-state index contributed by atoms with van der Waals surface area (Å²) in [6, 6.07) is 13.1. The van der Waals surface area contributed by atoms with Gasteiger partial charge in [-0.05, 0) is 79.9 Å². The Bertz CT molecular complexity index is 1150. The molecule has 3 rings (SSSR count). The molecule has 0 bridgehead atoms. The molecule has 11 heteroatoms. The predicted octanol–water partition coefficient (Wildman–Crippen LogP) is 4.84. The van der Waals surface area contributed by atoms with E-state index < -0.39 is 17.8 Å². The molecule has 1 fully saturated rings. The van der Waals surface area contributed by atoms with Crippen molar-refractivity contribution in [1.29, 1.82) is 0 Å². The summed E-state index contributed by atoms with van der Waals surface area (Å²) < 4.78 is 5.40. The van der Waals surface area contributed by atoms with E-state index >= 15 is 0 Å². The van der Waals surface area contributed by atoms with Crippen molar-refractivity contribution < 1.29 is 28.8 Å². The van der Waals surface area contributed by atoms with E-state index in [1.54, 1.807) is 39.9 Å². The van der Waals surface area contributed by atoms with Crippen LogP contribution in [-0.4, -0.2) is 57.2 Å². The van der Waals surface area contributed by atoms with Crippen molar-refractivity contribution in [3.05, 3.63) is 54.2 Å². The zero-order chi connectivity index (χ0) is 27.5. The topological polar surface area (TPSA) is 115 Å². The lowest BCUT2D eigenvalue weighted by atomic mass is 10.1. The number of aliphatic imine (C=N–C) groups is 1. The molecule has 0 aliphatic carbocycles. The first-order valence-corrected chi connectivity index (χ1v) is 14.4. The molecule has 0 radical (unpaired) electrons. The van der Waals surface area contributed by atoms with Gasteiger partial charge in [0.1, 0.15) is 10.8 Å². The first-order valence-electron chi connectivity index (χ1n) is 12.2. The van der Waals surface area contributed by atoms with Gasteiger partial charge in [-0.25, -0.2) is 9.78 Å². The summed E-state index contributed by atoms with van der Waals surface area (Å²) in [5.74, 6) is -0.953. The first-order chi connectivity index (χ1) is 18.1. The molecule has 202 valence electrons. The van der Waals surface area contributed by atoms with E-state index in [-0.39, 0.29) is 42.9 Å². The number of aromatic nitrogens is 1. The molecular formula is C27H31N3O6S2. The number of hydrogen-bond donors (Lipinski definition) is 0. The Balaban J connectivity index is 1.37. The minimum atomic E-state index is -0.650. The van der Waals surface area contributed by atoms with E-state index in [9.17, 15) is 19.2 Å². The van der Waals surface area contributed by atoms with Crippen molar-refractivity contribution in [2.75, 3.05) is 13.2 Å². The summed E-state index contributed by atoms with van der Waals surface area (Å²) in [5, 5.41) is 1.46. The second-order valence-corrected chi connectivity index (χ2v) is 12.1. The summed E-state index contributed by atoms with van der Waals surface area (Å²) >= 11 is 0. The lowest BCUT2D eigenvalue weighted by Crippen LogP contribution is -2.32. The summed E-state index contributed by atoms with van der Waals surface area (Å²) in [4.78, 5) is 60.9. The summed E-state index contributed by atoms with van der Waals surface area (Å²) in [5.41, 5.74) is 1.64. The standard InChI is InChI=1S/C27H31N3O6S2/c1-19(29-18-21(31)17-27(2,3)38-37-23-7-4-5-15-28-23)20-9-11-22(12-10-20)35-16-6-8-26(34)36-30-24(32)13-14-25(30)33/h4-5,7,9-12,15H,6,8,13-14,16-18H2,1-3H3. The minimum absolute atomic E-state index is 0.0199. The van der Waals surface area contributed by atoms with Gasteiger partial charge in [-0.1, -0.05) is 16.9 Å². The molecule has 0 saturated carbocycles. The maximum absolute atomic E-state index is 12.5. The number of imide groups is 1. The van der Waals surface area contributed by atoms with Gasteiger partial charge in [-0.2, -0.15) is 0 Å². The average Bonchev–Trinajstić information content (AvgIpc) is 3.21. The molecule has 2 amide bonds. The summed E-state index contributed by atoms with van der Waals surface area (Å²) in [6.45, 7) is 6.33. The van der Waals surface area contributed by atoms with Crippen LogP contribution in [0.1, 0.15) is 58.4 Å². The second kappa shape index (κ2) is 14.1. The number of amides is 2. The molecule has 1 aromatic heterocycles. The third-order valence-electron chi connectivity index (χ3n) is 5.37. The molecule has 1 saturated heterocycles. The summed E-state index contributed by atoms with van der Waals surface area (Å²) in [6.07, 6.45) is 2.67. The predicted molar refractivity (Wildman–Crippen MR) is 147 cm³/mol. The highest BCUT2D eigenvalue weighted by molar-refractivity contribution is 8.77. The van der Waals surface area contributed by atoms with Gasteiger partial charge >= 0.3 is 5.97 Å². The number of nitrogens with zero attached hydrogens (tertiary/aromatic N) is 3. The number of hydroxylamine groups is 2. The van der Waals surface area contributed by atoms with Crippen LogP contribution in [0.15, 0.2) is 58.7 Å². The Morgan fingerprint density at radius 2 is 1.79 bits per heavy atom. The summed E-state index contributed by atoms with van der Waals surface area (Å²) in [7, 11) is 3.19. The van der Waals surface area contributed by atoms with E-state index in [1.807, 2.05) is 51.1 Å². The monoisotopic (exact) mass is 557 g/mol. The highest BCUT2D eigenvalue weighted by Gasteiger charge is 2.32. The molecule has 9 nitrogen and oxygen atoms in total. The number of rotatable bonds is 14. The molecule has 2 aromatic rings. The third-order valence-corrected chi connectivity index (χ3v) is 8.58. The van der Waals surface area contributed by atoms with Crippen molar-refractivity contribution in [2.24, 2.45) is 4.99 Å². The van der Waals surface area contributed by atoms with Gasteiger partial charge in [-0.3, -0.25) is 19.4 Å². The normalized spacial score (nSPS) is 14.1. The first kappa shape index (κ1) is 29.4. The van der Waals surface area contributed by atoms with Crippen LogP contribution in [0.2, 0.25) is 0 Å². The van der Waals surface area contributed by atoms with Crippen LogP contribution >= 0.6 is 21.6 Å². The number of ketones is 1. The minimum Gasteiger partial charge on any atom is -0.494 e. The number of ether oxygens (including phenoxy) is 1. The second-order valence-electron chi connectivity index (χ2n) is 9.23. The van der Waals surface area contributed by atoms with Crippen LogP contribution in [-0.2, 0) is 24.0 Å². The van der Waals surface area contributed by atoms with Crippen LogP contribution in [0, 0.1) is 0 Å². The fraction of sp³-hybridized carbons (Fsp3) is 0.407. The molecule has 0 N–H and O–H groups in total. The highest BCUT2D eigenvalue weighted by Crippen LogP contribution is 2.41. The molecule has 2 heterocycles. The molecule has 0 spiro atoms. The SMILES string of the molecule is CC(=NCC(=O)CC(C)(C)SSc1ccccn1)c1ccc(OCCCC(=O)ON2C(=O)CCC2=O)cc1. The van der Waals surface area contributed by atoms with Gasteiger partial charge < -0.3 is 9.57 Å². The molecule has 0 atom stereocenters. The molecule has 0 unspecified atom stereocenters. The number of carbonyl (C=O) groups is 4. The van der Waals surface area contributed by atoms with Crippen LogP contribution in [0.5, 0.6) is 5.75 Å². The number of pyridine rings is 1. The van der Waals surface area contributed by atoms with Gasteiger partial charge in [0.05, 0.1) is 19.6 Å². The lowest BCUT2D eigenvalue weighted by Gasteiger charge is -2.21. The molecule has 1 aliphatic heterocycles. The van der Waals surface area contributed by atoms with E-state index in [0.29, 0.717) is 23.7 Å². The van der Waals surface area contributed by atoms with Gasteiger partial charge in [0, 0.05) is 35.9 Å². The van der Waals surface area contributed by atoms with Crippen LogP contribution in [0.3, 0.4) is 0 Å². The van der Waals surface area contributed by atoms with Crippen molar-refractivity contribution >= 4 is 50.9 Å². The highest BCUT2D eigenvalue weighted by atomic mass is 33.1. The van der Waals surface area contributed by atoms with Crippen LogP contribution in [0.25, 0.3) is 0 Å². The fourth-order valence-corrected chi connectivity index (χ4v) is 5.59. The lowest BCUT2D eigenvalue weighted by molar-refractivity contribution is -0.197.